The van der Waals surface area contributed by atoms with Crippen molar-refractivity contribution in [3.05, 3.63) is 48.0 Å². The van der Waals surface area contributed by atoms with Crippen LogP contribution in [-0.2, 0) is 6.54 Å². The molecule has 0 aromatic heterocycles. The van der Waals surface area contributed by atoms with Crippen molar-refractivity contribution in [2.24, 2.45) is 0 Å². The molecule has 0 aliphatic carbocycles. The molecule has 2 aromatic carbocycles. The molecule has 0 aliphatic rings. The Morgan fingerprint density at radius 2 is 1.84 bits per heavy atom. The van der Waals surface area contributed by atoms with Crippen molar-refractivity contribution in [3.63, 3.8) is 0 Å². The first-order valence-corrected chi connectivity index (χ1v) is 7.09. The van der Waals surface area contributed by atoms with Crippen molar-refractivity contribution in [3.8, 4) is 0 Å². The fourth-order valence-electron chi connectivity index (χ4n) is 2.39. The number of nitrogens with zero attached hydrogens (tertiary/aromatic N) is 1. The quantitative estimate of drug-likeness (QED) is 0.853. The molecule has 0 saturated heterocycles. The highest BCUT2D eigenvalue weighted by molar-refractivity contribution is 5.85. The maximum atomic E-state index is 3.61. The molecule has 102 valence electrons. The summed E-state index contributed by atoms with van der Waals surface area (Å²) in [5.41, 5.74) is 1.38. The van der Waals surface area contributed by atoms with Gasteiger partial charge in [-0.05, 0) is 36.9 Å². The zero-order chi connectivity index (χ0) is 13.7. The van der Waals surface area contributed by atoms with Crippen LogP contribution < -0.4 is 5.32 Å². The second kappa shape index (κ2) is 6.69. The number of benzene rings is 2. The lowest BCUT2D eigenvalue weighted by atomic mass is 10.0. The van der Waals surface area contributed by atoms with Gasteiger partial charge in [-0.25, -0.2) is 0 Å². The summed E-state index contributed by atoms with van der Waals surface area (Å²) >= 11 is 0. The molecule has 2 rings (SSSR count). The van der Waals surface area contributed by atoms with E-state index in [1.165, 1.54) is 16.3 Å². The average Bonchev–Trinajstić information content (AvgIpc) is 2.44. The molecule has 2 aromatic rings. The lowest BCUT2D eigenvalue weighted by Gasteiger charge is -2.21. The number of fused-ring (bicyclic) bond motifs is 1. The maximum absolute atomic E-state index is 3.61. The lowest BCUT2D eigenvalue weighted by molar-refractivity contribution is 0.309. The monoisotopic (exact) mass is 256 g/mol. The van der Waals surface area contributed by atoms with E-state index in [4.69, 9.17) is 0 Å². The third kappa shape index (κ3) is 3.79. The standard InChI is InChI=1S/C17H24N2/c1-4-19(3)13-14(2)18-12-16-10-7-9-15-8-5-6-11-17(15)16/h5-11,14,18H,4,12-13H2,1-3H3. The smallest absolute Gasteiger partial charge is 0.0214 e. The van der Waals surface area contributed by atoms with E-state index in [9.17, 15) is 0 Å². The molecule has 0 bridgehead atoms. The summed E-state index contributed by atoms with van der Waals surface area (Å²) in [5, 5.41) is 6.29. The van der Waals surface area contributed by atoms with Crippen molar-refractivity contribution in [1.82, 2.24) is 10.2 Å². The summed E-state index contributed by atoms with van der Waals surface area (Å²) in [6, 6.07) is 15.6. The van der Waals surface area contributed by atoms with Gasteiger partial charge < -0.3 is 10.2 Å². The molecule has 0 saturated carbocycles. The van der Waals surface area contributed by atoms with Gasteiger partial charge in [0.15, 0.2) is 0 Å². The number of nitrogens with one attached hydrogen (secondary N) is 1. The summed E-state index contributed by atoms with van der Waals surface area (Å²) in [6.07, 6.45) is 0. The number of likely N-dealkylation sites (N-methyl/N-ethyl adjacent to an activating group) is 1. The number of hydrogen-bond donors (Lipinski definition) is 1. The molecule has 0 spiro atoms. The molecule has 2 heteroatoms. The van der Waals surface area contributed by atoms with Gasteiger partial charge in [0, 0.05) is 19.1 Å². The van der Waals surface area contributed by atoms with Gasteiger partial charge in [0.05, 0.1) is 0 Å². The molecular formula is C17H24N2. The van der Waals surface area contributed by atoms with Crippen LogP contribution in [0.4, 0.5) is 0 Å². The third-order valence-corrected chi connectivity index (χ3v) is 3.65. The first-order chi connectivity index (χ1) is 9.20. The molecule has 1 atom stereocenters. The Kier molecular flexibility index (Phi) is 4.94. The van der Waals surface area contributed by atoms with Crippen molar-refractivity contribution < 1.29 is 0 Å². The van der Waals surface area contributed by atoms with Crippen molar-refractivity contribution >= 4 is 10.8 Å². The molecule has 1 N–H and O–H groups in total. The molecule has 0 aliphatic heterocycles. The molecule has 0 fully saturated rings. The molecule has 0 radical (unpaired) electrons. The Bertz CT molecular complexity index is 516. The Balaban J connectivity index is 2.02. The largest absolute Gasteiger partial charge is 0.309 e. The van der Waals surface area contributed by atoms with Crippen molar-refractivity contribution in [2.75, 3.05) is 20.1 Å². The molecule has 2 nitrogen and oxygen atoms in total. The minimum absolute atomic E-state index is 0.504. The van der Waals surface area contributed by atoms with Crippen LogP contribution in [0, 0.1) is 0 Å². The molecule has 19 heavy (non-hydrogen) atoms. The van der Waals surface area contributed by atoms with Gasteiger partial charge >= 0.3 is 0 Å². The van der Waals surface area contributed by atoms with Crippen LogP contribution in [0.15, 0.2) is 42.5 Å². The summed E-state index contributed by atoms with van der Waals surface area (Å²) in [4.78, 5) is 2.33. The van der Waals surface area contributed by atoms with Crippen LogP contribution in [0.2, 0.25) is 0 Å². The Morgan fingerprint density at radius 3 is 2.63 bits per heavy atom. The summed E-state index contributed by atoms with van der Waals surface area (Å²) in [5.74, 6) is 0. The molecular weight excluding hydrogens is 232 g/mol. The van der Waals surface area contributed by atoms with Crippen LogP contribution in [0.5, 0.6) is 0 Å². The fourth-order valence-corrected chi connectivity index (χ4v) is 2.39. The summed E-state index contributed by atoms with van der Waals surface area (Å²) < 4.78 is 0. The average molecular weight is 256 g/mol. The van der Waals surface area contributed by atoms with E-state index in [1.807, 2.05) is 0 Å². The van der Waals surface area contributed by atoms with Gasteiger partial charge in [0.25, 0.3) is 0 Å². The van der Waals surface area contributed by atoms with Gasteiger partial charge in [-0.15, -0.1) is 0 Å². The van der Waals surface area contributed by atoms with Crippen LogP contribution in [0.1, 0.15) is 19.4 Å². The SMILES string of the molecule is CCN(C)CC(C)NCc1cccc2ccccc12. The number of hydrogen-bond acceptors (Lipinski definition) is 2. The Morgan fingerprint density at radius 1 is 1.11 bits per heavy atom. The van der Waals surface area contributed by atoms with E-state index < -0.39 is 0 Å². The topological polar surface area (TPSA) is 15.3 Å². The first kappa shape index (κ1) is 14.0. The second-order valence-electron chi connectivity index (χ2n) is 5.28. The van der Waals surface area contributed by atoms with Gasteiger partial charge in [0.2, 0.25) is 0 Å². The van der Waals surface area contributed by atoms with E-state index in [2.05, 4.69) is 73.6 Å². The van der Waals surface area contributed by atoms with Crippen LogP contribution in [-0.4, -0.2) is 31.1 Å². The second-order valence-corrected chi connectivity index (χ2v) is 5.28. The van der Waals surface area contributed by atoms with E-state index in [0.29, 0.717) is 6.04 Å². The Hall–Kier alpha value is -1.38. The normalized spacial score (nSPS) is 13.1. The highest BCUT2D eigenvalue weighted by Crippen LogP contribution is 2.18. The third-order valence-electron chi connectivity index (χ3n) is 3.65. The lowest BCUT2D eigenvalue weighted by Crippen LogP contribution is -2.36. The van der Waals surface area contributed by atoms with Crippen molar-refractivity contribution in [2.45, 2.75) is 26.4 Å². The molecule has 0 amide bonds. The van der Waals surface area contributed by atoms with Gasteiger partial charge in [-0.1, -0.05) is 49.4 Å². The molecule has 1 unspecified atom stereocenters. The van der Waals surface area contributed by atoms with Crippen LogP contribution in [0.25, 0.3) is 10.8 Å². The Labute approximate surface area is 116 Å². The first-order valence-electron chi connectivity index (χ1n) is 7.09. The summed E-state index contributed by atoms with van der Waals surface area (Å²) in [7, 11) is 2.16. The van der Waals surface area contributed by atoms with Crippen molar-refractivity contribution in [1.29, 1.82) is 0 Å². The predicted octanol–water partition coefficient (Wildman–Crippen LogP) is 3.27. The van der Waals surface area contributed by atoms with Crippen LogP contribution in [0.3, 0.4) is 0 Å². The van der Waals surface area contributed by atoms with E-state index in [1.54, 1.807) is 0 Å². The van der Waals surface area contributed by atoms with E-state index >= 15 is 0 Å². The zero-order valence-electron chi connectivity index (χ0n) is 12.2. The van der Waals surface area contributed by atoms with Gasteiger partial charge in [-0.2, -0.15) is 0 Å². The van der Waals surface area contributed by atoms with E-state index in [-0.39, 0.29) is 0 Å². The zero-order valence-corrected chi connectivity index (χ0v) is 12.2. The summed E-state index contributed by atoms with van der Waals surface area (Å²) in [6.45, 7) is 7.55. The van der Waals surface area contributed by atoms with Crippen LogP contribution >= 0.6 is 0 Å². The van der Waals surface area contributed by atoms with E-state index in [0.717, 1.165) is 19.6 Å². The number of rotatable bonds is 6. The predicted molar refractivity (Wildman–Crippen MR) is 83.4 cm³/mol. The highest BCUT2D eigenvalue weighted by atomic mass is 15.1. The fraction of sp³-hybridized carbons (Fsp3) is 0.412. The maximum Gasteiger partial charge on any atom is 0.0214 e. The minimum Gasteiger partial charge on any atom is -0.309 e. The molecule has 0 heterocycles. The van der Waals surface area contributed by atoms with Gasteiger partial charge in [0.1, 0.15) is 0 Å². The van der Waals surface area contributed by atoms with Gasteiger partial charge in [-0.3, -0.25) is 0 Å². The minimum atomic E-state index is 0.504. The highest BCUT2D eigenvalue weighted by Gasteiger charge is 2.05.